The molecule has 1 aromatic carbocycles. The normalized spacial score (nSPS) is 20.2. The van der Waals surface area contributed by atoms with Crippen molar-refractivity contribution in [1.82, 2.24) is 4.90 Å². The van der Waals surface area contributed by atoms with Crippen LogP contribution in [0.2, 0.25) is 0 Å². The molecule has 0 aliphatic carbocycles. The number of nitrogens with zero attached hydrogens (tertiary/aromatic N) is 1. The number of likely N-dealkylation sites (tertiary alicyclic amines) is 1. The molecule has 5 nitrogen and oxygen atoms in total. The Morgan fingerprint density at radius 1 is 1.23 bits per heavy atom. The zero-order chi connectivity index (χ0) is 18.8. The number of aryl methyl sites for hydroxylation is 2. The number of carboxylic acids is 1. The predicted octanol–water partition coefficient (Wildman–Crippen LogP) is 4.14. The lowest BCUT2D eigenvalue weighted by molar-refractivity contribution is -0.136. The van der Waals surface area contributed by atoms with Crippen molar-refractivity contribution in [3.05, 3.63) is 58.5 Å². The third-order valence-electron chi connectivity index (χ3n) is 5.19. The van der Waals surface area contributed by atoms with Gasteiger partial charge in [0.1, 0.15) is 12.2 Å². The van der Waals surface area contributed by atoms with Gasteiger partial charge in [-0.3, -0.25) is 9.59 Å². The topological polar surface area (TPSA) is 70.8 Å². The minimum absolute atomic E-state index is 0.0103. The van der Waals surface area contributed by atoms with Crippen LogP contribution in [0.5, 0.6) is 0 Å². The molecule has 5 heteroatoms. The highest BCUT2D eigenvalue weighted by molar-refractivity contribution is 5.97. The molecule has 1 aromatic heterocycles. The lowest BCUT2D eigenvalue weighted by atomic mass is 9.85. The molecule has 26 heavy (non-hydrogen) atoms. The summed E-state index contributed by atoms with van der Waals surface area (Å²) in [4.78, 5) is 26.4. The molecule has 2 aromatic rings. The van der Waals surface area contributed by atoms with E-state index >= 15 is 0 Å². The first-order valence-corrected chi connectivity index (χ1v) is 9.04. The molecule has 2 atom stereocenters. The molecule has 1 amide bonds. The van der Waals surface area contributed by atoms with Crippen LogP contribution in [0, 0.1) is 19.8 Å². The van der Waals surface area contributed by atoms with E-state index < -0.39 is 5.97 Å². The fourth-order valence-corrected chi connectivity index (χ4v) is 3.88. The van der Waals surface area contributed by atoms with Gasteiger partial charge in [0.15, 0.2) is 0 Å². The third kappa shape index (κ3) is 3.52. The molecule has 1 fully saturated rings. The summed E-state index contributed by atoms with van der Waals surface area (Å²) in [6.45, 7) is 6.67. The first-order valence-electron chi connectivity index (χ1n) is 9.04. The number of aliphatic carboxylic acids is 1. The van der Waals surface area contributed by atoms with Crippen LogP contribution in [0.15, 0.2) is 34.9 Å². The van der Waals surface area contributed by atoms with E-state index in [1.807, 2.05) is 11.8 Å². The smallest absolute Gasteiger partial charge is 0.311 e. The van der Waals surface area contributed by atoms with E-state index in [1.165, 1.54) is 11.8 Å². The highest BCUT2D eigenvalue weighted by Crippen LogP contribution is 2.37. The molecule has 1 saturated heterocycles. The summed E-state index contributed by atoms with van der Waals surface area (Å²) in [6, 6.07) is 8.30. The molecule has 3 rings (SSSR count). The molecule has 1 aliphatic heterocycles. The van der Waals surface area contributed by atoms with E-state index in [4.69, 9.17) is 9.52 Å². The summed E-state index contributed by atoms with van der Waals surface area (Å²) < 4.78 is 5.37. The van der Waals surface area contributed by atoms with Gasteiger partial charge in [0.05, 0.1) is 17.9 Å². The van der Waals surface area contributed by atoms with Crippen molar-refractivity contribution >= 4 is 11.9 Å². The molecule has 0 spiro atoms. The summed E-state index contributed by atoms with van der Waals surface area (Å²) in [6.07, 6.45) is 3.20. The van der Waals surface area contributed by atoms with Crippen molar-refractivity contribution in [3.63, 3.8) is 0 Å². The van der Waals surface area contributed by atoms with Gasteiger partial charge in [-0.1, -0.05) is 36.8 Å². The summed E-state index contributed by atoms with van der Waals surface area (Å²) in [5.74, 6) is -0.563. The van der Waals surface area contributed by atoms with E-state index in [1.54, 1.807) is 6.92 Å². The Bertz CT molecular complexity index is 806. The predicted molar refractivity (Wildman–Crippen MR) is 98.1 cm³/mol. The average Bonchev–Trinajstić information content (AvgIpc) is 2.94. The number of benzene rings is 1. The molecule has 0 bridgehead atoms. The van der Waals surface area contributed by atoms with Gasteiger partial charge in [-0.25, -0.2) is 0 Å². The zero-order valence-corrected chi connectivity index (χ0v) is 15.5. The fourth-order valence-electron chi connectivity index (χ4n) is 3.88. The van der Waals surface area contributed by atoms with Crippen LogP contribution in [0.3, 0.4) is 0 Å². The van der Waals surface area contributed by atoms with E-state index in [2.05, 4.69) is 31.2 Å². The maximum absolute atomic E-state index is 13.4. The van der Waals surface area contributed by atoms with E-state index in [0.717, 1.165) is 18.4 Å². The Hall–Kier alpha value is -2.56. The molecule has 0 saturated carbocycles. The molecule has 1 N–H and O–H groups in total. The second-order valence-corrected chi connectivity index (χ2v) is 7.26. The third-order valence-corrected chi connectivity index (χ3v) is 5.19. The van der Waals surface area contributed by atoms with E-state index in [-0.39, 0.29) is 24.1 Å². The molecular weight excluding hydrogens is 330 g/mol. The molecular formula is C21H25NO4. The van der Waals surface area contributed by atoms with Crippen LogP contribution in [-0.2, 0) is 11.2 Å². The lowest BCUT2D eigenvalue weighted by Gasteiger charge is -2.40. The van der Waals surface area contributed by atoms with Crippen molar-refractivity contribution in [2.45, 2.75) is 46.1 Å². The Morgan fingerprint density at radius 2 is 1.92 bits per heavy atom. The van der Waals surface area contributed by atoms with Crippen molar-refractivity contribution in [3.8, 4) is 0 Å². The van der Waals surface area contributed by atoms with Gasteiger partial charge in [-0.05, 0) is 38.2 Å². The molecule has 138 valence electrons. The number of furan rings is 1. The van der Waals surface area contributed by atoms with Crippen molar-refractivity contribution in [2.24, 2.45) is 5.92 Å². The Kier molecular flexibility index (Phi) is 5.16. The number of carbonyl (C=O) groups excluding carboxylic acids is 1. The summed E-state index contributed by atoms with van der Waals surface area (Å²) >= 11 is 0. The number of rotatable bonds is 4. The average molecular weight is 355 g/mol. The van der Waals surface area contributed by atoms with Crippen molar-refractivity contribution in [2.75, 3.05) is 6.54 Å². The van der Waals surface area contributed by atoms with E-state index in [9.17, 15) is 9.59 Å². The SMILES string of the molecule is Cc1ccc(C2C(C)CCCN2C(=O)c2c(C)coc2CC(=O)O)cc1. The second kappa shape index (κ2) is 7.36. The summed E-state index contributed by atoms with van der Waals surface area (Å²) in [5, 5.41) is 9.11. The highest BCUT2D eigenvalue weighted by atomic mass is 16.4. The van der Waals surface area contributed by atoms with Crippen molar-refractivity contribution in [1.29, 1.82) is 0 Å². The quantitative estimate of drug-likeness (QED) is 0.895. The van der Waals surface area contributed by atoms with Gasteiger partial charge in [0.2, 0.25) is 0 Å². The van der Waals surface area contributed by atoms with Gasteiger partial charge in [0.25, 0.3) is 5.91 Å². The minimum Gasteiger partial charge on any atom is -0.481 e. The van der Waals surface area contributed by atoms with Gasteiger partial charge in [-0.2, -0.15) is 0 Å². The first kappa shape index (κ1) is 18.2. The molecule has 2 heterocycles. The first-order chi connectivity index (χ1) is 12.4. The standard InChI is InChI=1S/C21H25NO4/c1-13-6-8-16(9-7-13)20-14(2)5-4-10-22(20)21(25)19-15(3)12-26-17(19)11-18(23)24/h6-9,12,14,20H,4-5,10-11H2,1-3H3,(H,23,24). The second-order valence-electron chi connectivity index (χ2n) is 7.26. The van der Waals surface area contributed by atoms with Crippen LogP contribution in [0.4, 0.5) is 0 Å². The van der Waals surface area contributed by atoms with Gasteiger partial charge < -0.3 is 14.4 Å². The van der Waals surface area contributed by atoms with Crippen molar-refractivity contribution < 1.29 is 19.1 Å². The number of carbonyl (C=O) groups is 2. The molecule has 0 radical (unpaired) electrons. The molecule has 2 unspecified atom stereocenters. The maximum Gasteiger partial charge on any atom is 0.311 e. The number of amides is 1. The van der Waals surface area contributed by atoms with Crippen LogP contribution >= 0.6 is 0 Å². The zero-order valence-electron chi connectivity index (χ0n) is 15.5. The number of hydrogen-bond donors (Lipinski definition) is 1. The number of piperidine rings is 1. The molecule has 1 aliphatic rings. The highest BCUT2D eigenvalue weighted by Gasteiger charge is 2.35. The van der Waals surface area contributed by atoms with Gasteiger partial charge >= 0.3 is 5.97 Å². The summed E-state index contributed by atoms with van der Waals surface area (Å²) in [5.41, 5.74) is 3.40. The summed E-state index contributed by atoms with van der Waals surface area (Å²) in [7, 11) is 0. The number of carboxylic acid groups (broad SMARTS) is 1. The monoisotopic (exact) mass is 355 g/mol. The Morgan fingerprint density at radius 3 is 2.58 bits per heavy atom. The fraction of sp³-hybridized carbons (Fsp3) is 0.429. The minimum atomic E-state index is -1.00. The van der Waals surface area contributed by atoms with Crippen LogP contribution < -0.4 is 0 Å². The lowest BCUT2D eigenvalue weighted by Crippen LogP contribution is -2.42. The van der Waals surface area contributed by atoms with Gasteiger partial charge in [0, 0.05) is 12.1 Å². The largest absolute Gasteiger partial charge is 0.481 e. The van der Waals surface area contributed by atoms with Crippen LogP contribution in [-0.4, -0.2) is 28.4 Å². The van der Waals surface area contributed by atoms with Crippen LogP contribution in [0.25, 0.3) is 0 Å². The number of hydrogen-bond acceptors (Lipinski definition) is 3. The van der Waals surface area contributed by atoms with Gasteiger partial charge in [-0.15, -0.1) is 0 Å². The Labute approximate surface area is 153 Å². The maximum atomic E-state index is 13.4. The Balaban J connectivity index is 1.97. The van der Waals surface area contributed by atoms with Crippen LogP contribution in [0.1, 0.15) is 58.6 Å². The van der Waals surface area contributed by atoms with E-state index in [0.29, 0.717) is 23.6 Å².